The van der Waals surface area contributed by atoms with Crippen LogP contribution in [-0.4, -0.2) is 29.4 Å². The molecule has 21 heavy (non-hydrogen) atoms. The topological polar surface area (TPSA) is 95.5 Å². The van der Waals surface area contributed by atoms with Crippen LogP contribution in [0.3, 0.4) is 0 Å². The maximum absolute atomic E-state index is 11.7. The lowest BCUT2D eigenvalue weighted by Crippen LogP contribution is -2.29. The van der Waals surface area contributed by atoms with E-state index in [1.54, 1.807) is 12.1 Å². The summed E-state index contributed by atoms with van der Waals surface area (Å²) in [6.07, 6.45) is 1.28. The molecule has 114 valence electrons. The van der Waals surface area contributed by atoms with Crippen molar-refractivity contribution in [2.75, 3.05) is 11.9 Å². The fourth-order valence-corrected chi connectivity index (χ4v) is 1.61. The van der Waals surface area contributed by atoms with Crippen molar-refractivity contribution in [2.45, 2.75) is 26.7 Å². The Morgan fingerprint density at radius 1 is 1.14 bits per heavy atom. The van der Waals surface area contributed by atoms with Crippen molar-refractivity contribution in [1.82, 2.24) is 5.32 Å². The fourth-order valence-electron chi connectivity index (χ4n) is 1.61. The number of nitrogens with one attached hydrogen (secondary N) is 2. The number of hydrogen-bond acceptors (Lipinski definition) is 3. The summed E-state index contributed by atoms with van der Waals surface area (Å²) >= 11 is 0. The lowest BCUT2D eigenvalue weighted by molar-refractivity contribution is -0.135. The molecule has 1 rings (SSSR count). The molecule has 6 heteroatoms. The normalized spacial score (nSPS) is 10.2. The molecule has 0 radical (unpaired) electrons. The minimum atomic E-state index is -1.10. The summed E-state index contributed by atoms with van der Waals surface area (Å²) in [6.45, 7) is 3.68. The largest absolute Gasteiger partial charge is 0.480 e. The molecule has 0 fully saturated rings. The van der Waals surface area contributed by atoms with Gasteiger partial charge in [-0.3, -0.25) is 14.4 Å². The highest BCUT2D eigenvalue weighted by atomic mass is 16.4. The highest BCUT2D eigenvalue weighted by Crippen LogP contribution is 2.11. The number of rotatable bonds is 7. The van der Waals surface area contributed by atoms with E-state index < -0.39 is 18.4 Å². The quantitative estimate of drug-likeness (QED) is 0.715. The molecule has 0 unspecified atom stereocenters. The van der Waals surface area contributed by atoms with E-state index in [2.05, 4.69) is 24.5 Å². The lowest BCUT2D eigenvalue weighted by atomic mass is 10.1. The first-order valence-electron chi connectivity index (χ1n) is 6.78. The van der Waals surface area contributed by atoms with Gasteiger partial charge in [0.25, 0.3) is 5.91 Å². The van der Waals surface area contributed by atoms with E-state index >= 15 is 0 Å². The predicted octanol–water partition coefficient (Wildman–Crippen LogP) is 1.88. The Kier molecular flexibility index (Phi) is 6.39. The highest BCUT2D eigenvalue weighted by Gasteiger charge is 2.08. The van der Waals surface area contributed by atoms with Crippen molar-refractivity contribution in [3.63, 3.8) is 0 Å². The number of carbonyl (C=O) groups excluding carboxylic acids is 2. The lowest BCUT2D eigenvalue weighted by Gasteiger charge is -2.08. The maximum atomic E-state index is 11.7. The summed E-state index contributed by atoms with van der Waals surface area (Å²) in [7, 11) is 0. The van der Waals surface area contributed by atoms with Gasteiger partial charge in [0.1, 0.15) is 6.54 Å². The molecule has 0 saturated heterocycles. The van der Waals surface area contributed by atoms with Crippen molar-refractivity contribution >= 4 is 23.5 Å². The molecule has 3 N–H and O–H groups in total. The molecule has 0 spiro atoms. The van der Waals surface area contributed by atoms with E-state index in [1.165, 1.54) is 12.1 Å². The van der Waals surface area contributed by atoms with E-state index in [4.69, 9.17) is 5.11 Å². The number of amides is 2. The Bertz CT molecular complexity index is 509. The van der Waals surface area contributed by atoms with Gasteiger partial charge in [-0.15, -0.1) is 0 Å². The molecular weight excluding hydrogens is 272 g/mol. The van der Waals surface area contributed by atoms with Gasteiger partial charge in [0.15, 0.2) is 0 Å². The van der Waals surface area contributed by atoms with Gasteiger partial charge in [0.2, 0.25) is 5.91 Å². The Morgan fingerprint density at radius 2 is 1.76 bits per heavy atom. The molecule has 0 bridgehead atoms. The van der Waals surface area contributed by atoms with Gasteiger partial charge in [-0.1, -0.05) is 13.8 Å². The summed E-state index contributed by atoms with van der Waals surface area (Å²) in [6, 6.07) is 6.30. The minimum Gasteiger partial charge on any atom is -0.480 e. The number of carbonyl (C=O) groups is 3. The van der Waals surface area contributed by atoms with E-state index in [-0.39, 0.29) is 5.91 Å². The molecule has 0 saturated carbocycles. The van der Waals surface area contributed by atoms with Crippen LogP contribution in [0, 0.1) is 5.92 Å². The van der Waals surface area contributed by atoms with Crippen LogP contribution in [0.5, 0.6) is 0 Å². The molecule has 6 nitrogen and oxygen atoms in total. The predicted molar refractivity (Wildman–Crippen MR) is 79.1 cm³/mol. The van der Waals surface area contributed by atoms with Gasteiger partial charge < -0.3 is 15.7 Å². The molecule has 0 aliphatic carbocycles. The van der Waals surface area contributed by atoms with Crippen molar-refractivity contribution in [3.8, 4) is 0 Å². The molecule has 0 atom stereocenters. The number of anilines is 1. The van der Waals surface area contributed by atoms with Gasteiger partial charge in [0.05, 0.1) is 0 Å². The smallest absolute Gasteiger partial charge is 0.322 e. The number of hydrogen-bond donors (Lipinski definition) is 3. The Balaban J connectivity index is 2.51. The average Bonchev–Trinajstić information content (AvgIpc) is 2.43. The molecule has 0 heterocycles. The molecule has 1 aromatic carbocycles. The molecule has 1 aromatic rings. The Labute approximate surface area is 123 Å². The van der Waals surface area contributed by atoms with Crippen molar-refractivity contribution in [1.29, 1.82) is 0 Å². The zero-order valence-electron chi connectivity index (χ0n) is 12.2. The van der Waals surface area contributed by atoms with Gasteiger partial charge in [-0.25, -0.2) is 0 Å². The summed E-state index contributed by atoms with van der Waals surface area (Å²) in [5, 5.41) is 13.5. The van der Waals surface area contributed by atoms with Crippen LogP contribution in [0.25, 0.3) is 0 Å². The third kappa shape index (κ3) is 6.56. The second-order valence-electron chi connectivity index (χ2n) is 5.13. The van der Waals surface area contributed by atoms with Gasteiger partial charge in [-0.2, -0.15) is 0 Å². The van der Waals surface area contributed by atoms with Crippen LogP contribution in [-0.2, 0) is 9.59 Å². The van der Waals surface area contributed by atoms with Gasteiger partial charge >= 0.3 is 5.97 Å². The molecule has 0 aliphatic rings. The van der Waals surface area contributed by atoms with Crippen LogP contribution in [0.15, 0.2) is 24.3 Å². The van der Waals surface area contributed by atoms with Crippen molar-refractivity contribution < 1.29 is 19.5 Å². The third-order valence-electron chi connectivity index (χ3n) is 2.78. The minimum absolute atomic E-state index is 0.0632. The third-order valence-corrected chi connectivity index (χ3v) is 2.78. The zero-order valence-corrected chi connectivity index (χ0v) is 12.2. The molecule has 0 aromatic heterocycles. The average molecular weight is 292 g/mol. The monoisotopic (exact) mass is 292 g/mol. The standard InChI is InChI=1S/C15H20N2O4/c1-10(2)3-8-13(18)17-12-6-4-11(5-7-12)15(21)16-9-14(19)20/h4-7,10H,3,8-9H2,1-2H3,(H,16,21)(H,17,18)(H,19,20). The molecular formula is C15H20N2O4. The second kappa shape index (κ2) is 8.04. The summed E-state index contributed by atoms with van der Waals surface area (Å²) < 4.78 is 0. The number of benzene rings is 1. The summed E-state index contributed by atoms with van der Waals surface area (Å²) in [5.41, 5.74) is 0.954. The van der Waals surface area contributed by atoms with Crippen molar-refractivity contribution in [3.05, 3.63) is 29.8 Å². The second-order valence-corrected chi connectivity index (χ2v) is 5.13. The van der Waals surface area contributed by atoms with Crippen LogP contribution >= 0.6 is 0 Å². The van der Waals surface area contributed by atoms with E-state index in [0.29, 0.717) is 23.6 Å². The first kappa shape index (κ1) is 16.7. The first-order chi connectivity index (χ1) is 9.88. The zero-order chi connectivity index (χ0) is 15.8. The number of carboxylic acids is 1. The summed E-state index contributed by atoms with van der Waals surface area (Å²) in [5.74, 6) is -1.16. The van der Waals surface area contributed by atoms with Crippen LogP contribution < -0.4 is 10.6 Å². The Morgan fingerprint density at radius 3 is 2.29 bits per heavy atom. The van der Waals surface area contributed by atoms with Crippen LogP contribution in [0.2, 0.25) is 0 Å². The first-order valence-corrected chi connectivity index (χ1v) is 6.78. The molecule has 0 aliphatic heterocycles. The van der Waals surface area contributed by atoms with Gasteiger partial charge in [0, 0.05) is 17.7 Å². The number of aliphatic carboxylic acids is 1. The van der Waals surface area contributed by atoms with Crippen LogP contribution in [0.1, 0.15) is 37.0 Å². The fraction of sp³-hybridized carbons (Fsp3) is 0.400. The van der Waals surface area contributed by atoms with E-state index in [0.717, 1.165) is 6.42 Å². The van der Waals surface area contributed by atoms with E-state index in [1.807, 2.05) is 0 Å². The summed E-state index contributed by atoms with van der Waals surface area (Å²) in [4.78, 5) is 33.6. The number of carboxylic acid groups (broad SMARTS) is 1. The Hall–Kier alpha value is -2.37. The van der Waals surface area contributed by atoms with Gasteiger partial charge in [-0.05, 0) is 36.6 Å². The molecule has 2 amide bonds. The highest BCUT2D eigenvalue weighted by molar-refractivity contribution is 5.97. The van der Waals surface area contributed by atoms with Crippen molar-refractivity contribution in [2.24, 2.45) is 5.92 Å². The SMILES string of the molecule is CC(C)CCC(=O)Nc1ccc(C(=O)NCC(=O)O)cc1. The van der Waals surface area contributed by atoms with Crippen LogP contribution in [0.4, 0.5) is 5.69 Å². The van der Waals surface area contributed by atoms with E-state index in [9.17, 15) is 14.4 Å². The maximum Gasteiger partial charge on any atom is 0.322 e.